The van der Waals surface area contributed by atoms with Gasteiger partial charge in [0, 0.05) is 6.04 Å². The van der Waals surface area contributed by atoms with Gasteiger partial charge in [0.25, 0.3) is 10.1 Å². The normalized spacial score (nSPS) is 16.7. The molecule has 6 nitrogen and oxygen atoms in total. The van der Waals surface area contributed by atoms with Crippen LogP contribution >= 0.6 is 0 Å². The average molecular weight is 241 g/mol. The largest absolute Gasteiger partial charge is 0.395 e. The number of nitrogens with one attached hydrogen (secondary N) is 1. The first kappa shape index (κ1) is 14.8. The average Bonchev–Trinajstić information content (AvgIpc) is 1.98. The van der Waals surface area contributed by atoms with Crippen LogP contribution in [0.5, 0.6) is 0 Å². The molecule has 2 unspecified atom stereocenters. The summed E-state index contributed by atoms with van der Waals surface area (Å²) in [6.45, 7) is 3.69. The Labute approximate surface area is 90.1 Å². The minimum atomic E-state index is -4.20. The molecule has 15 heavy (non-hydrogen) atoms. The number of hydrogen-bond acceptors (Lipinski definition) is 5. The molecular formula is C8H19NO5S. The van der Waals surface area contributed by atoms with Crippen LogP contribution < -0.4 is 5.32 Å². The van der Waals surface area contributed by atoms with Gasteiger partial charge < -0.3 is 10.2 Å². The maximum Gasteiger partial charge on any atom is 0.268 e. The molecule has 0 radical (unpaired) electrons. The first-order valence-corrected chi connectivity index (χ1v) is 6.35. The van der Waals surface area contributed by atoms with E-state index in [-0.39, 0.29) is 12.6 Å². The fraction of sp³-hybridized carbons (Fsp3) is 1.00. The van der Waals surface area contributed by atoms with E-state index in [1.54, 1.807) is 0 Å². The maximum atomic E-state index is 10.4. The molecule has 0 aromatic carbocycles. The Hall–Kier alpha value is -0.210. The highest BCUT2D eigenvalue weighted by Gasteiger charge is 2.18. The third kappa shape index (κ3) is 8.76. The first-order valence-electron chi connectivity index (χ1n) is 4.74. The van der Waals surface area contributed by atoms with Gasteiger partial charge in [-0.3, -0.25) is 9.87 Å². The van der Waals surface area contributed by atoms with Crippen LogP contribution in [0.4, 0.5) is 0 Å². The molecule has 0 bridgehead atoms. The topological polar surface area (TPSA) is 107 Å². The Balaban J connectivity index is 4.07. The van der Waals surface area contributed by atoms with Crippen LogP contribution in [0.25, 0.3) is 0 Å². The highest BCUT2D eigenvalue weighted by Crippen LogP contribution is 2.04. The zero-order valence-electron chi connectivity index (χ0n) is 8.92. The fourth-order valence-electron chi connectivity index (χ4n) is 1.28. The van der Waals surface area contributed by atoms with Gasteiger partial charge in [-0.15, -0.1) is 0 Å². The van der Waals surface area contributed by atoms with E-state index in [0.717, 1.165) is 0 Å². The third-order valence-corrected chi connectivity index (χ3v) is 2.51. The van der Waals surface area contributed by atoms with Crippen LogP contribution in [-0.4, -0.2) is 47.8 Å². The lowest BCUT2D eigenvalue weighted by Crippen LogP contribution is -2.44. The lowest BCUT2D eigenvalue weighted by Gasteiger charge is -2.21. The van der Waals surface area contributed by atoms with Crippen molar-refractivity contribution in [3.05, 3.63) is 0 Å². The van der Waals surface area contributed by atoms with Gasteiger partial charge in [0.05, 0.1) is 6.61 Å². The van der Waals surface area contributed by atoms with Crippen LogP contribution in [0.2, 0.25) is 0 Å². The number of rotatable bonds is 7. The number of aliphatic hydroxyl groups excluding tert-OH is 2. The van der Waals surface area contributed by atoms with E-state index >= 15 is 0 Å². The summed E-state index contributed by atoms with van der Waals surface area (Å²) < 4.78 is 29.3. The summed E-state index contributed by atoms with van der Waals surface area (Å²) in [6, 6.07) is -0.373. The molecule has 0 fully saturated rings. The summed E-state index contributed by atoms with van der Waals surface area (Å²) in [5.74, 6) is -0.464. The standard InChI is InChI=1S/C8H19NO5S/c1-6(2)3-7(4-10)9-8(11)5-15(12,13)14/h6-11H,3-5H2,1-2H3,(H,12,13,14). The Morgan fingerprint density at radius 3 is 2.20 bits per heavy atom. The lowest BCUT2D eigenvalue weighted by molar-refractivity contribution is 0.112. The SMILES string of the molecule is CC(C)CC(CO)NC(O)CS(=O)(=O)O. The number of aliphatic hydroxyl groups is 2. The molecule has 0 aliphatic heterocycles. The zero-order valence-corrected chi connectivity index (χ0v) is 9.74. The minimum absolute atomic E-state index is 0.194. The summed E-state index contributed by atoms with van der Waals surface area (Å²) in [5.41, 5.74) is 0. The molecule has 0 aromatic heterocycles. The second kappa shape index (κ2) is 6.39. The fourth-order valence-corrected chi connectivity index (χ4v) is 1.78. The second-order valence-corrected chi connectivity index (χ2v) is 5.44. The first-order chi connectivity index (χ1) is 6.74. The van der Waals surface area contributed by atoms with E-state index in [1.807, 2.05) is 13.8 Å². The summed E-state index contributed by atoms with van der Waals surface area (Å²) >= 11 is 0. The second-order valence-electron chi connectivity index (χ2n) is 3.94. The summed E-state index contributed by atoms with van der Waals surface area (Å²) in [4.78, 5) is 0. The van der Waals surface area contributed by atoms with E-state index in [1.165, 1.54) is 0 Å². The summed E-state index contributed by atoms with van der Waals surface area (Å²) in [5, 5.41) is 20.7. The van der Waals surface area contributed by atoms with E-state index in [4.69, 9.17) is 9.66 Å². The predicted octanol–water partition coefficient (Wildman–Crippen LogP) is -0.811. The van der Waals surface area contributed by atoms with Gasteiger partial charge in [-0.2, -0.15) is 8.42 Å². The monoisotopic (exact) mass is 241 g/mol. The van der Waals surface area contributed by atoms with Gasteiger partial charge >= 0.3 is 0 Å². The van der Waals surface area contributed by atoms with Gasteiger partial charge in [0.1, 0.15) is 12.0 Å². The molecule has 0 spiro atoms. The van der Waals surface area contributed by atoms with Crippen molar-refractivity contribution in [2.24, 2.45) is 5.92 Å². The van der Waals surface area contributed by atoms with E-state index in [9.17, 15) is 13.5 Å². The van der Waals surface area contributed by atoms with Gasteiger partial charge in [-0.1, -0.05) is 13.8 Å². The lowest BCUT2D eigenvalue weighted by atomic mass is 10.0. The molecular weight excluding hydrogens is 222 g/mol. The molecule has 0 saturated heterocycles. The Kier molecular flexibility index (Phi) is 6.30. The molecule has 0 aromatic rings. The van der Waals surface area contributed by atoms with Gasteiger partial charge in [0.15, 0.2) is 0 Å². The van der Waals surface area contributed by atoms with Crippen LogP contribution in [-0.2, 0) is 10.1 Å². The van der Waals surface area contributed by atoms with Gasteiger partial charge in [0.2, 0.25) is 0 Å². The summed E-state index contributed by atoms with van der Waals surface area (Å²) in [7, 11) is -4.20. The Morgan fingerprint density at radius 1 is 1.33 bits per heavy atom. The van der Waals surface area contributed by atoms with Crippen molar-refractivity contribution >= 4 is 10.1 Å². The quantitative estimate of drug-likeness (QED) is 0.343. The Bertz CT molecular complexity index is 264. The highest BCUT2D eigenvalue weighted by atomic mass is 32.2. The molecule has 4 N–H and O–H groups in total. The Morgan fingerprint density at radius 2 is 1.87 bits per heavy atom. The molecule has 7 heteroatoms. The van der Waals surface area contributed by atoms with E-state index in [0.29, 0.717) is 12.3 Å². The molecule has 0 amide bonds. The van der Waals surface area contributed by atoms with Crippen LogP contribution in [0, 0.1) is 5.92 Å². The minimum Gasteiger partial charge on any atom is -0.395 e. The highest BCUT2D eigenvalue weighted by molar-refractivity contribution is 7.85. The maximum absolute atomic E-state index is 10.4. The van der Waals surface area contributed by atoms with Crippen molar-refractivity contribution in [2.45, 2.75) is 32.5 Å². The molecule has 0 aliphatic carbocycles. The van der Waals surface area contributed by atoms with Crippen LogP contribution in [0.1, 0.15) is 20.3 Å². The van der Waals surface area contributed by atoms with Crippen molar-refractivity contribution in [3.63, 3.8) is 0 Å². The van der Waals surface area contributed by atoms with Crippen LogP contribution in [0.3, 0.4) is 0 Å². The molecule has 0 heterocycles. The van der Waals surface area contributed by atoms with Crippen molar-refractivity contribution < 1.29 is 23.2 Å². The van der Waals surface area contributed by atoms with Crippen molar-refractivity contribution in [2.75, 3.05) is 12.4 Å². The predicted molar refractivity (Wildman–Crippen MR) is 55.9 cm³/mol. The molecule has 0 rings (SSSR count). The molecule has 92 valence electrons. The summed E-state index contributed by atoms with van der Waals surface area (Å²) in [6.07, 6.45) is -0.755. The number of hydrogen-bond donors (Lipinski definition) is 4. The van der Waals surface area contributed by atoms with E-state index < -0.39 is 22.1 Å². The molecule has 0 aliphatic rings. The van der Waals surface area contributed by atoms with Crippen molar-refractivity contribution in [1.82, 2.24) is 5.32 Å². The molecule has 0 saturated carbocycles. The zero-order chi connectivity index (χ0) is 12.1. The molecule has 2 atom stereocenters. The van der Waals surface area contributed by atoms with Crippen LogP contribution in [0.15, 0.2) is 0 Å². The van der Waals surface area contributed by atoms with Crippen molar-refractivity contribution in [1.29, 1.82) is 0 Å². The smallest absolute Gasteiger partial charge is 0.268 e. The van der Waals surface area contributed by atoms with E-state index in [2.05, 4.69) is 5.32 Å². The third-order valence-electron chi connectivity index (χ3n) is 1.77. The van der Waals surface area contributed by atoms with Gasteiger partial charge in [-0.25, -0.2) is 0 Å². The van der Waals surface area contributed by atoms with Crippen molar-refractivity contribution in [3.8, 4) is 0 Å². The van der Waals surface area contributed by atoms with Gasteiger partial charge in [-0.05, 0) is 12.3 Å².